The number of nitrogens with zero attached hydrogens (tertiary/aromatic N) is 2. The van der Waals surface area contributed by atoms with E-state index in [-0.39, 0.29) is 0 Å². The van der Waals surface area contributed by atoms with Crippen LogP contribution in [0, 0.1) is 0 Å². The van der Waals surface area contributed by atoms with E-state index >= 15 is 0 Å². The predicted octanol–water partition coefficient (Wildman–Crippen LogP) is 7.67. The van der Waals surface area contributed by atoms with Crippen LogP contribution in [0.15, 0.2) is 93.8 Å². The van der Waals surface area contributed by atoms with Gasteiger partial charge in [-0.3, -0.25) is 0 Å². The van der Waals surface area contributed by atoms with Crippen molar-refractivity contribution in [3.8, 4) is 22.0 Å². The smallest absolute Gasteiger partial charge is 0.231 e. The fourth-order valence-electron chi connectivity index (χ4n) is 4.13. The average Bonchev–Trinajstić information content (AvgIpc) is 3.52. The van der Waals surface area contributed by atoms with Gasteiger partial charge in [0.05, 0.1) is 21.3 Å². The quantitative estimate of drug-likeness (QED) is 0.289. The molecule has 4 nitrogen and oxygen atoms in total. The van der Waals surface area contributed by atoms with E-state index < -0.39 is 0 Å². The Morgan fingerprint density at radius 3 is 2.10 bits per heavy atom. The molecular formula is C26H14N2O2S. The molecule has 4 aromatic carbocycles. The number of oxazole rings is 1. The topological polar surface area (TPSA) is 52.1 Å². The fourth-order valence-corrected chi connectivity index (χ4v) is 5.12. The molecule has 0 unspecified atom stereocenters. The average molecular weight is 418 g/mol. The van der Waals surface area contributed by atoms with Crippen LogP contribution in [0.1, 0.15) is 0 Å². The van der Waals surface area contributed by atoms with E-state index in [2.05, 4.69) is 35.3 Å². The summed E-state index contributed by atoms with van der Waals surface area (Å²) in [7, 11) is 0. The maximum atomic E-state index is 6.48. The van der Waals surface area contributed by atoms with Crippen molar-refractivity contribution in [2.75, 3.05) is 0 Å². The molecule has 3 aromatic heterocycles. The summed E-state index contributed by atoms with van der Waals surface area (Å²) in [5.74, 6) is 0.562. The molecule has 146 valence electrons. The molecule has 0 aliphatic carbocycles. The van der Waals surface area contributed by atoms with Gasteiger partial charge in [-0.15, -0.1) is 11.3 Å². The maximum absolute atomic E-state index is 6.48. The summed E-state index contributed by atoms with van der Waals surface area (Å²) in [5, 5.41) is 3.05. The lowest BCUT2D eigenvalue weighted by Crippen LogP contribution is -1.77. The molecule has 0 bridgehead atoms. The van der Waals surface area contributed by atoms with Gasteiger partial charge in [0.2, 0.25) is 5.89 Å². The van der Waals surface area contributed by atoms with Gasteiger partial charge < -0.3 is 8.83 Å². The maximum Gasteiger partial charge on any atom is 0.231 e. The van der Waals surface area contributed by atoms with Crippen LogP contribution in [-0.2, 0) is 0 Å². The van der Waals surface area contributed by atoms with Crippen LogP contribution in [0.25, 0.3) is 65.3 Å². The Morgan fingerprint density at radius 1 is 0.581 bits per heavy atom. The molecule has 3 heterocycles. The van der Waals surface area contributed by atoms with E-state index in [1.54, 1.807) is 11.3 Å². The second-order valence-electron chi connectivity index (χ2n) is 7.44. The molecule has 0 radical (unpaired) electrons. The number of benzene rings is 4. The number of hydrogen-bond donors (Lipinski definition) is 0. The van der Waals surface area contributed by atoms with E-state index in [0.717, 1.165) is 59.4 Å². The molecular weight excluding hydrogens is 404 g/mol. The molecule has 7 rings (SSSR count). The Balaban J connectivity index is 1.50. The van der Waals surface area contributed by atoms with E-state index in [1.165, 1.54) is 0 Å². The van der Waals surface area contributed by atoms with Gasteiger partial charge in [-0.25, -0.2) is 9.97 Å². The highest BCUT2D eigenvalue weighted by atomic mass is 32.1. The number of aromatic nitrogens is 2. The van der Waals surface area contributed by atoms with Crippen LogP contribution in [0.5, 0.6) is 0 Å². The van der Waals surface area contributed by atoms with Crippen molar-refractivity contribution >= 4 is 54.6 Å². The molecule has 5 heteroatoms. The lowest BCUT2D eigenvalue weighted by Gasteiger charge is -1.97. The summed E-state index contributed by atoms with van der Waals surface area (Å²) in [4.78, 5) is 9.52. The highest BCUT2D eigenvalue weighted by molar-refractivity contribution is 7.21. The Bertz CT molecular complexity index is 1560. The van der Waals surface area contributed by atoms with Crippen molar-refractivity contribution in [2.45, 2.75) is 0 Å². The molecule has 0 fully saturated rings. The van der Waals surface area contributed by atoms with Crippen LogP contribution in [-0.4, -0.2) is 9.97 Å². The predicted molar refractivity (Wildman–Crippen MR) is 125 cm³/mol. The SMILES string of the molecule is c1ccc2oc(-c3cccc4c3oc3c(-c5nc6ccccc6s5)cccc34)nc2c1. The molecule has 0 saturated carbocycles. The molecule has 7 aromatic rings. The number of thiazole rings is 1. The summed E-state index contributed by atoms with van der Waals surface area (Å²) < 4.78 is 13.7. The normalized spacial score (nSPS) is 11.9. The zero-order valence-electron chi connectivity index (χ0n) is 16.2. The van der Waals surface area contributed by atoms with Gasteiger partial charge >= 0.3 is 0 Å². The van der Waals surface area contributed by atoms with Gasteiger partial charge in [0.15, 0.2) is 5.58 Å². The first-order valence-corrected chi connectivity index (χ1v) is 10.8. The van der Waals surface area contributed by atoms with Crippen LogP contribution >= 0.6 is 11.3 Å². The largest absolute Gasteiger partial charge is 0.454 e. The van der Waals surface area contributed by atoms with Gasteiger partial charge in [0.1, 0.15) is 21.7 Å². The molecule has 0 aliphatic heterocycles. The Labute approximate surface area is 180 Å². The van der Waals surface area contributed by atoms with E-state index in [9.17, 15) is 0 Å². The summed E-state index contributed by atoms with van der Waals surface area (Å²) >= 11 is 1.68. The number of furan rings is 1. The molecule has 0 spiro atoms. The minimum atomic E-state index is 0.562. The summed E-state index contributed by atoms with van der Waals surface area (Å²) in [5.41, 5.74) is 6.06. The lowest BCUT2D eigenvalue weighted by molar-refractivity contribution is 0.615. The van der Waals surface area contributed by atoms with Crippen LogP contribution in [0.3, 0.4) is 0 Å². The number of rotatable bonds is 2. The number of fused-ring (bicyclic) bond motifs is 5. The minimum absolute atomic E-state index is 0.562. The third-order valence-electron chi connectivity index (χ3n) is 5.57. The van der Waals surface area contributed by atoms with Crippen molar-refractivity contribution in [3.05, 3.63) is 84.9 Å². The van der Waals surface area contributed by atoms with Crippen molar-refractivity contribution in [1.82, 2.24) is 9.97 Å². The molecule has 0 saturated heterocycles. The van der Waals surface area contributed by atoms with Crippen LogP contribution < -0.4 is 0 Å². The third-order valence-corrected chi connectivity index (χ3v) is 6.64. The highest BCUT2D eigenvalue weighted by Crippen LogP contribution is 2.41. The monoisotopic (exact) mass is 418 g/mol. The minimum Gasteiger partial charge on any atom is -0.454 e. The van der Waals surface area contributed by atoms with Crippen molar-refractivity contribution in [1.29, 1.82) is 0 Å². The first-order chi connectivity index (χ1) is 15.3. The number of para-hydroxylation sites is 5. The second kappa shape index (κ2) is 6.27. The van der Waals surface area contributed by atoms with Gasteiger partial charge in [-0.05, 0) is 36.4 Å². The van der Waals surface area contributed by atoms with Crippen molar-refractivity contribution in [3.63, 3.8) is 0 Å². The summed E-state index contributed by atoms with van der Waals surface area (Å²) in [6.07, 6.45) is 0. The summed E-state index contributed by atoms with van der Waals surface area (Å²) in [6, 6.07) is 28.3. The first-order valence-electron chi connectivity index (χ1n) is 10.0. The standard InChI is InChI=1S/C26H14N2O2S/c1-3-13-21-19(11-1)27-25(29-21)17-9-5-7-15-16-8-6-10-18(24(16)30-23(15)17)26-28-20-12-2-4-14-22(20)31-26/h1-14H. The molecule has 0 atom stereocenters. The van der Waals surface area contributed by atoms with Gasteiger partial charge in [-0.2, -0.15) is 0 Å². The molecule has 0 amide bonds. The van der Waals surface area contributed by atoms with E-state index in [1.807, 2.05) is 54.6 Å². The molecule has 31 heavy (non-hydrogen) atoms. The Morgan fingerprint density at radius 2 is 1.29 bits per heavy atom. The Kier molecular flexibility index (Phi) is 3.40. The van der Waals surface area contributed by atoms with Crippen LogP contribution in [0.4, 0.5) is 0 Å². The van der Waals surface area contributed by atoms with Crippen molar-refractivity contribution in [2.24, 2.45) is 0 Å². The highest BCUT2D eigenvalue weighted by Gasteiger charge is 2.19. The van der Waals surface area contributed by atoms with Crippen LogP contribution in [0.2, 0.25) is 0 Å². The Hall–Kier alpha value is -3.96. The second-order valence-corrected chi connectivity index (χ2v) is 8.47. The van der Waals surface area contributed by atoms with E-state index in [0.29, 0.717) is 5.89 Å². The zero-order valence-corrected chi connectivity index (χ0v) is 17.0. The van der Waals surface area contributed by atoms with Gasteiger partial charge in [-0.1, -0.05) is 48.5 Å². The lowest BCUT2D eigenvalue weighted by atomic mass is 10.1. The van der Waals surface area contributed by atoms with Gasteiger partial charge in [0, 0.05) is 10.8 Å². The third kappa shape index (κ3) is 2.47. The number of hydrogen-bond acceptors (Lipinski definition) is 5. The fraction of sp³-hybridized carbons (Fsp3) is 0. The zero-order chi connectivity index (χ0) is 20.4. The summed E-state index contributed by atoms with van der Waals surface area (Å²) in [6.45, 7) is 0. The molecule has 0 N–H and O–H groups in total. The van der Waals surface area contributed by atoms with Gasteiger partial charge in [0.25, 0.3) is 0 Å². The van der Waals surface area contributed by atoms with Crippen molar-refractivity contribution < 1.29 is 8.83 Å². The van der Waals surface area contributed by atoms with E-state index in [4.69, 9.17) is 13.8 Å². The first kappa shape index (κ1) is 16.8. The molecule has 0 aliphatic rings.